The Morgan fingerprint density at radius 1 is 1.27 bits per heavy atom. The summed E-state index contributed by atoms with van der Waals surface area (Å²) >= 11 is 0. The van der Waals surface area contributed by atoms with Gasteiger partial charge in [-0.05, 0) is 33.3 Å². The van der Waals surface area contributed by atoms with Gasteiger partial charge in [-0.15, -0.1) is 40.8 Å². The molecular formula is C17H29IN8. The lowest BCUT2D eigenvalue weighted by Crippen LogP contribution is -2.38. The number of aromatic nitrogens is 5. The second-order valence-electron chi connectivity index (χ2n) is 5.99. The van der Waals surface area contributed by atoms with Crippen molar-refractivity contribution in [3.05, 3.63) is 41.8 Å². The number of hydrogen-bond donors (Lipinski definition) is 2. The highest BCUT2D eigenvalue weighted by molar-refractivity contribution is 14.0. The summed E-state index contributed by atoms with van der Waals surface area (Å²) in [5, 5.41) is 19.2. The van der Waals surface area contributed by atoms with Gasteiger partial charge >= 0.3 is 0 Å². The van der Waals surface area contributed by atoms with E-state index in [-0.39, 0.29) is 24.0 Å². The van der Waals surface area contributed by atoms with Crippen molar-refractivity contribution in [3.63, 3.8) is 0 Å². The SMILES string of the molecule is C=CCNC(=NCc1nnc(C)n1C)NCCCn1nc(C)cc1C.I. The minimum absolute atomic E-state index is 0. The first-order chi connectivity index (χ1) is 12.0. The molecule has 0 fully saturated rings. The van der Waals surface area contributed by atoms with Crippen LogP contribution in [-0.2, 0) is 20.1 Å². The van der Waals surface area contributed by atoms with Crippen molar-refractivity contribution in [2.45, 2.75) is 40.3 Å². The van der Waals surface area contributed by atoms with Gasteiger partial charge in [-0.3, -0.25) is 4.68 Å². The van der Waals surface area contributed by atoms with E-state index in [9.17, 15) is 0 Å². The molecule has 0 bridgehead atoms. The summed E-state index contributed by atoms with van der Waals surface area (Å²) in [6.07, 6.45) is 2.76. The second-order valence-corrected chi connectivity index (χ2v) is 5.99. The van der Waals surface area contributed by atoms with Crippen molar-refractivity contribution in [3.8, 4) is 0 Å². The Kier molecular flexibility index (Phi) is 9.31. The zero-order chi connectivity index (χ0) is 18.2. The molecule has 0 spiro atoms. The average molecular weight is 472 g/mol. The van der Waals surface area contributed by atoms with Gasteiger partial charge < -0.3 is 15.2 Å². The predicted molar refractivity (Wildman–Crippen MR) is 115 cm³/mol. The molecule has 2 aromatic heterocycles. The zero-order valence-corrected chi connectivity index (χ0v) is 18.3. The van der Waals surface area contributed by atoms with Crippen LogP contribution in [0.5, 0.6) is 0 Å². The minimum atomic E-state index is 0. The number of guanidine groups is 1. The number of aryl methyl sites for hydroxylation is 4. The first kappa shape index (κ1) is 22.1. The number of nitrogens with zero attached hydrogens (tertiary/aromatic N) is 6. The molecule has 0 saturated carbocycles. The zero-order valence-electron chi connectivity index (χ0n) is 16.0. The van der Waals surface area contributed by atoms with Crippen LogP contribution in [0.3, 0.4) is 0 Å². The second kappa shape index (κ2) is 10.9. The molecule has 2 heterocycles. The third kappa shape index (κ3) is 6.43. The van der Waals surface area contributed by atoms with E-state index in [0.29, 0.717) is 13.1 Å². The van der Waals surface area contributed by atoms with Crippen LogP contribution in [0.15, 0.2) is 23.7 Å². The Labute approximate surface area is 172 Å². The Bertz CT molecular complexity index is 731. The van der Waals surface area contributed by atoms with Gasteiger partial charge in [0.05, 0.1) is 5.69 Å². The molecule has 0 aliphatic carbocycles. The Morgan fingerprint density at radius 3 is 2.62 bits per heavy atom. The van der Waals surface area contributed by atoms with Gasteiger partial charge in [-0.1, -0.05) is 6.08 Å². The summed E-state index contributed by atoms with van der Waals surface area (Å²) in [5.74, 6) is 2.46. The molecule has 2 aromatic rings. The lowest BCUT2D eigenvalue weighted by atomic mass is 10.4. The third-order valence-electron chi connectivity index (χ3n) is 3.92. The third-order valence-corrected chi connectivity index (χ3v) is 3.92. The summed E-state index contributed by atoms with van der Waals surface area (Å²) in [6, 6.07) is 2.09. The van der Waals surface area contributed by atoms with Crippen molar-refractivity contribution >= 4 is 29.9 Å². The molecule has 2 rings (SSSR count). The van der Waals surface area contributed by atoms with Gasteiger partial charge in [0.2, 0.25) is 0 Å². The fraction of sp³-hybridized carbons (Fsp3) is 0.529. The van der Waals surface area contributed by atoms with Crippen LogP contribution in [0.25, 0.3) is 0 Å². The maximum atomic E-state index is 4.57. The molecule has 8 nitrogen and oxygen atoms in total. The van der Waals surface area contributed by atoms with Gasteiger partial charge in [-0.2, -0.15) is 5.10 Å². The molecule has 0 amide bonds. The summed E-state index contributed by atoms with van der Waals surface area (Å²) in [6.45, 7) is 12.6. The first-order valence-electron chi connectivity index (χ1n) is 8.50. The van der Waals surface area contributed by atoms with Gasteiger partial charge in [0.25, 0.3) is 0 Å². The molecule has 2 N–H and O–H groups in total. The Morgan fingerprint density at radius 2 is 2.04 bits per heavy atom. The molecule has 0 atom stereocenters. The summed E-state index contributed by atoms with van der Waals surface area (Å²) in [7, 11) is 1.94. The predicted octanol–water partition coefficient (Wildman–Crippen LogP) is 1.87. The van der Waals surface area contributed by atoms with Crippen molar-refractivity contribution < 1.29 is 0 Å². The lowest BCUT2D eigenvalue weighted by Gasteiger charge is -2.12. The topological polar surface area (TPSA) is 85.0 Å². The van der Waals surface area contributed by atoms with E-state index in [1.54, 1.807) is 6.08 Å². The first-order valence-corrected chi connectivity index (χ1v) is 8.50. The number of halogens is 1. The molecule has 0 aromatic carbocycles. The van der Waals surface area contributed by atoms with Gasteiger partial charge in [0.1, 0.15) is 12.4 Å². The maximum absolute atomic E-state index is 4.57. The molecular weight excluding hydrogens is 443 g/mol. The van der Waals surface area contributed by atoms with Crippen LogP contribution in [-0.4, -0.2) is 43.6 Å². The molecule has 144 valence electrons. The van der Waals surface area contributed by atoms with E-state index in [2.05, 4.69) is 50.5 Å². The smallest absolute Gasteiger partial charge is 0.191 e. The number of nitrogens with one attached hydrogen (secondary N) is 2. The summed E-state index contributed by atoms with van der Waals surface area (Å²) < 4.78 is 3.98. The normalized spacial score (nSPS) is 11.2. The lowest BCUT2D eigenvalue weighted by molar-refractivity contribution is 0.555. The van der Waals surface area contributed by atoms with Crippen LogP contribution < -0.4 is 10.6 Å². The number of aliphatic imine (C=N–C) groups is 1. The van der Waals surface area contributed by atoms with Crippen LogP contribution in [0.2, 0.25) is 0 Å². The van der Waals surface area contributed by atoms with Crippen LogP contribution in [0, 0.1) is 20.8 Å². The highest BCUT2D eigenvalue weighted by Gasteiger charge is 2.05. The highest BCUT2D eigenvalue weighted by atomic mass is 127. The molecule has 0 aliphatic rings. The monoisotopic (exact) mass is 472 g/mol. The molecule has 0 radical (unpaired) electrons. The van der Waals surface area contributed by atoms with Crippen LogP contribution in [0.1, 0.15) is 29.5 Å². The largest absolute Gasteiger partial charge is 0.356 e. The van der Waals surface area contributed by atoms with Crippen LogP contribution in [0.4, 0.5) is 0 Å². The fourth-order valence-electron chi connectivity index (χ4n) is 2.42. The summed E-state index contributed by atoms with van der Waals surface area (Å²) in [4.78, 5) is 4.57. The van der Waals surface area contributed by atoms with Crippen molar-refractivity contribution in [2.75, 3.05) is 13.1 Å². The van der Waals surface area contributed by atoms with E-state index in [0.717, 1.165) is 42.8 Å². The summed E-state index contributed by atoms with van der Waals surface area (Å²) in [5.41, 5.74) is 2.24. The standard InChI is InChI=1S/C17H28N8.HI/c1-6-8-18-17(20-12-16-22-21-15(4)24(16)5)19-9-7-10-25-14(3)11-13(2)23-25;/h6,11H,1,7-10,12H2,2-5H3,(H2,18,19,20);1H. The molecule has 0 saturated heterocycles. The minimum Gasteiger partial charge on any atom is -0.356 e. The molecule has 26 heavy (non-hydrogen) atoms. The Balaban J connectivity index is 0.00000338. The Hall–Kier alpha value is -1.91. The van der Waals surface area contributed by atoms with E-state index >= 15 is 0 Å². The quantitative estimate of drug-likeness (QED) is 0.202. The van der Waals surface area contributed by atoms with Gasteiger partial charge in [-0.25, -0.2) is 4.99 Å². The number of hydrogen-bond acceptors (Lipinski definition) is 4. The van der Waals surface area contributed by atoms with Gasteiger partial charge in [0, 0.05) is 32.4 Å². The molecule has 0 unspecified atom stereocenters. The van der Waals surface area contributed by atoms with E-state index in [4.69, 9.17) is 0 Å². The van der Waals surface area contributed by atoms with Gasteiger partial charge in [0.15, 0.2) is 11.8 Å². The van der Waals surface area contributed by atoms with Crippen molar-refractivity contribution in [1.82, 2.24) is 35.2 Å². The van der Waals surface area contributed by atoms with E-state index < -0.39 is 0 Å². The number of rotatable bonds is 8. The highest BCUT2D eigenvalue weighted by Crippen LogP contribution is 2.02. The van der Waals surface area contributed by atoms with Crippen molar-refractivity contribution in [1.29, 1.82) is 0 Å². The van der Waals surface area contributed by atoms with Crippen molar-refractivity contribution in [2.24, 2.45) is 12.0 Å². The van der Waals surface area contributed by atoms with E-state index in [1.165, 1.54) is 5.69 Å². The average Bonchev–Trinajstić information content (AvgIpc) is 3.08. The fourth-order valence-corrected chi connectivity index (χ4v) is 2.42. The molecule has 0 aliphatic heterocycles. The van der Waals surface area contributed by atoms with E-state index in [1.807, 2.05) is 30.1 Å². The maximum Gasteiger partial charge on any atom is 0.191 e. The van der Waals surface area contributed by atoms with Crippen LogP contribution >= 0.6 is 24.0 Å². The molecule has 9 heteroatoms.